The van der Waals surface area contributed by atoms with Gasteiger partial charge in [-0.2, -0.15) is 0 Å². The molecule has 5 nitrogen and oxygen atoms in total. The number of anilines is 1. The van der Waals surface area contributed by atoms with Crippen LogP contribution < -0.4 is 10.2 Å². The monoisotopic (exact) mass is 272 g/mol. The van der Waals surface area contributed by atoms with Crippen molar-refractivity contribution in [1.29, 1.82) is 0 Å². The molecule has 1 aliphatic heterocycles. The minimum atomic E-state index is 0.210. The van der Waals surface area contributed by atoms with Gasteiger partial charge >= 0.3 is 0 Å². The van der Waals surface area contributed by atoms with E-state index in [4.69, 9.17) is 9.72 Å². The molecule has 0 bridgehead atoms. The molecule has 0 aliphatic carbocycles. The van der Waals surface area contributed by atoms with Crippen LogP contribution in [0.3, 0.4) is 0 Å². The molecule has 0 spiro atoms. The van der Waals surface area contributed by atoms with Crippen molar-refractivity contribution in [3.63, 3.8) is 0 Å². The molecule has 1 atom stereocenters. The zero-order chi connectivity index (χ0) is 13.9. The first kappa shape index (κ1) is 13.3. The Balaban J connectivity index is 1.90. The van der Waals surface area contributed by atoms with Crippen LogP contribution in [0.5, 0.6) is 0 Å². The zero-order valence-corrected chi connectivity index (χ0v) is 12.0. The van der Waals surface area contributed by atoms with Crippen LogP contribution >= 0.6 is 0 Å². The third-order valence-electron chi connectivity index (χ3n) is 3.59. The zero-order valence-electron chi connectivity index (χ0n) is 12.0. The van der Waals surface area contributed by atoms with E-state index in [2.05, 4.69) is 15.2 Å². The van der Waals surface area contributed by atoms with Gasteiger partial charge in [0.1, 0.15) is 0 Å². The lowest BCUT2D eigenvalue weighted by Crippen LogP contribution is -2.46. The molecule has 1 unspecified atom stereocenters. The molecule has 1 saturated heterocycles. The van der Waals surface area contributed by atoms with E-state index in [1.165, 1.54) is 0 Å². The highest BCUT2D eigenvalue weighted by molar-refractivity contribution is 5.76. The number of benzene rings is 1. The second-order valence-corrected chi connectivity index (χ2v) is 5.12. The average molecular weight is 272 g/mol. The number of hydrogen-bond donors (Lipinski definition) is 1. The van der Waals surface area contributed by atoms with E-state index in [0.29, 0.717) is 0 Å². The Hall–Kier alpha value is -1.72. The third-order valence-corrected chi connectivity index (χ3v) is 3.59. The normalized spacial score (nSPS) is 19.5. The summed E-state index contributed by atoms with van der Waals surface area (Å²) in [6, 6.07) is 8.01. The Morgan fingerprint density at radius 3 is 2.80 bits per heavy atom. The van der Waals surface area contributed by atoms with Crippen molar-refractivity contribution in [3.8, 4) is 0 Å². The van der Waals surface area contributed by atoms with Gasteiger partial charge in [0.2, 0.25) is 0 Å². The van der Waals surface area contributed by atoms with Gasteiger partial charge in [-0.05, 0) is 26.1 Å². The van der Waals surface area contributed by atoms with Gasteiger partial charge in [-0.15, -0.1) is 0 Å². The van der Waals surface area contributed by atoms with E-state index in [1.807, 2.05) is 38.2 Å². The van der Waals surface area contributed by atoms with Crippen molar-refractivity contribution in [3.05, 3.63) is 30.0 Å². The van der Waals surface area contributed by atoms with E-state index in [-0.39, 0.29) is 6.10 Å². The van der Waals surface area contributed by atoms with Crippen molar-refractivity contribution in [1.82, 2.24) is 15.3 Å². The smallest absolute Gasteiger partial charge is 0.150 e. The van der Waals surface area contributed by atoms with Gasteiger partial charge in [-0.3, -0.25) is 0 Å². The van der Waals surface area contributed by atoms with Gasteiger partial charge in [-0.1, -0.05) is 12.1 Å². The van der Waals surface area contributed by atoms with Gasteiger partial charge in [-0.25, -0.2) is 9.97 Å². The minimum Gasteiger partial charge on any atom is -0.373 e. The van der Waals surface area contributed by atoms with Gasteiger partial charge in [0.05, 0.1) is 29.4 Å². The standard InChI is InChI=1S/C15H20N4O/c1-11-15(18-14-6-4-3-5-13(14)17-11)19-7-8-20-12(10-19)9-16-2/h3-6,12,16H,7-10H2,1-2H3. The number of para-hydroxylation sites is 2. The number of likely N-dealkylation sites (N-methyl/N-ethyl adjacent to an activating group) is 1. The summed E-state index contributed by atoms with van der Waals surface area (Å²) < 4.78 is 5.75. The quantitative estimate of drug-likeness (QED) is 0.914. The highest BCUT2D eigenvalue weighted by Gasteiger charge is 2.22. The molecule has 106 valence electrons. The fourth-order valence-corrected chi connectivity index (χ4v) is 2.64. The molecule has 20 heavy (non-hydrogen) atoms. The molecular formula is C15H20N4O. The van der Waals surface area contributed by atoms with Crippen LogP contribution in [0.2, 0.25) is 0 Å². The first-order valence-electron chi connectivity index (χ1n) is 7.02. The summed E-state index contributed by atoms with van der Waals surface area (Å²) in [4.78, 5) is 11.7. The molecule has 1 aliphatic rings. The van der Waals surface area contributed by atoms with E-state index in [1.54, 1.807) is 0 Å². The van der Waals surface area contributed by atoms with Crippen LogP contribution in [0.4, 0.5) is 5.82 Å². The van der Waals surface area contributed by atoms with Crippen LogP contribution in [0, 0.1) is 6.92 Å². The van der Waals surface area contributed by atoms with E-state index >= 15 is 0 Å². The maximum atomic E-state index is 5.75. The molecule has 3 rings (SSSR count). The van der Waals surface area contributed by atoms with Crippen molar-refractivity contribution < 1.29 is 4.74 Å². The summed E-state index contributed by atoms with van der Waals surface area (Å²) in [6.45, 7) is 5.34. The molecule has 0 saturated carbocycles. The Morgan fingerprint density at radius 2 is 2.05 bits per heavy atom. The number of nitrogens with one attached hydrogen (secondary N) is 1. The van der Waals surface area contributed by atoms with Crippen LogP contribution in [0.1, 0.15) is 5.69 Å². The highest BCUT2D eigenvalue weighted by atomic mass is 16.5. The van der Waals surface area contributed by atoms with Gasteiger partial charge in [0.15, 0.2) is 5.82 Å². The van der Waals surface area contributed by atoms with E-state index in [9.17, 15) is 0 Å². The van der Waals surface area contributed by atoms with E-state index < -0.39 is 0 Å². The molecule has 0 amide bonds. The summed E-state index contributed by atoms with van der Waals surface area (Å²) in [5.41, 5.74) is 2.88. The molecule has 1 N–H and O–H groups in total. The Bertz CT molecular complexity index is 599. The molecule has 5 heteroatoms. The highest BCUT2D eigenvalue weighted by Crippen LogP contribution is 2.21. The van der Waals surface area contributed by atoms with Gasteiger partial charge < -0.3 is 15.0 Å². The van der Waals surface area contributed by atoms with Crippen molar-refractivity contribution in [2.45, 2.75) is 13.0 Å². The summed E-state index contributed by atoms with van der Waals surface area (Å²) in [5, 5.41) is 3.17. The molecule has 1 fully saturated rings. The number of morpholine rings is 1. The number of fused-ring (bicyclic) bond motifs is 1. The first-order chi connectivity index (χ1) is 9.78. The van der Waals surface area contributed by atoms with Crippen molar-refractivity contribution >= 4 is 16.9 Å². The molecular weight excluding hydrogens is 252 g/mol. The number of rotatable bonds is 3. The number of aryl methyl sites for hydroxylation is 1. The lowest BCUT2D eigenvalue weighted by atomic mass is 10.2. The Kier molecular flexibility index (Phi) is 3.80. The van der Waals surface area contributed by atoms with Crippen LogP contribution in [0.15, 0.2) is 24.3 Å². The SMILES string of the molecule is CNCC1CN(c2nc3ccccc3nc2C)CCO1. The number of ether oxygens (including phenoxy) is 1. The largest absolute Gasteiger partial charge is 0.373 e. The second kappa shape index (κ2) is 5.73. The Morgan fingerprint density at radius 1 is 1.30 bits per heavy atom. The molecule has 1 aromatic carbocycles. The molecule has 0 radical (unpaired) electrons. The van der Waals surface area contributed by atoms with Crippen molar-refractivity contribution in [2.75, 3.05) is 38.2 Å². The van der Waals surface area contributed by atoms with E-state index in [0.717, 1.165) is 48.8 Å². The Labute approximate surface area is 119 Å². The molecule has 1 aromatic heterocycles. The van der Waals surface area contributed by atoms with Crippen molar-refractivity contribution in [2.24, 2.45) is 0 Å². The first-order valence-corrected chi connectivity index (χ1v) is 7.02. The van der Waals surface area contributed by atoms with Crippen LogP contribution in [-0.2, 0) is 4.74 Å². The third kappa shape index (κ3) is 2.59. The summed E-state index contributed by atoms with van der Waals surface area (Å²) in [7, 11) is 1.95. The summed E-state index contributed by atoms with van der Waals surface area (Å²) in [6.07, 6.45) is 0.210. The predicted molar refractivity (Wildman–Crippen MR) is 80.2 cm³/mol. The minimum absolute atomic E-state index is 0.210. The van der Waals surface area contributed by atoms with Crippen LogP contribution in [0.25, 0.3) is 11.0 Å². The number of hydrogen-bond acceptors (Lipinski definition) is 5. The number of aromatic nitrogens is 2. The maximum Gasteiger partial charge on any atom is 0.150 e. The summed E-state index contributed by atoms with van der Waals surface area (Å²) in [5.74, 6) is 0.980. The maximum absolute atomic E-state index is 5.75. The van der Waals surface area contributed by atoms with Crippen LogP contribution in [-0.4, -0.2) is 49.4 Å². The molecule has 2 aromatic rings. The molecule has 2 heterocycles. The van der Waals surface area contributed by atoms with Gasteiger partial charge in [0, 0.05) is 19.6 Å². The topological polar surface area (TPSA) is 50.3 Å². The second-order valence-electron chi connectivity index (χ2n) is 5.12. The van der Waals surface area contributed by atoms with Gasteiger partial charge in [0.25, 0.3) is 0 Å². The summed E-state index contributed by atoms with van der Waals surface area (Å²) >= 11 is 0. The lowest BCUT2D eigenvalue weighted by Gasteiger charge is -2.34. The fourth-order valence-electron chi connectivity index (χ4n) is 2.64. The lowest BCUT2D eigenvalue weighted by molar-refractivity contribution is 0.0418. The predicted octanol–water partition coefficient (Wildman–Crippen LogP) is 1.36. The fraction of sp³-hybridized carbons (Fsp3) is 0.467. The number of nitrogens with zero attached hydrogens (tertiary/aromatic N) is 3. The average Bonchev–Trinajstić information content (AvgIpc) is 2.47.